The summed E-state index contributed by atoms with van der Waals surface area (Å²) < 4.78 is 1.71. The van der Waals surface area contributed by atoms with E-state index >= 15 is 0 Å². The van der Waals surface area contributed by atoms with Crippen LogP contribution in [-0.2, 0) is 4.79 Å². The van der Waals surface area contributed by atoms with Crippen LogP contribution < -0.4 is 9.47 Å². The minimum atomic E-state index is -0.860. The van der Waals surface area contributed by atoms with Crippen molar-refractivity contribution in [2.24, 2.45) is 0 Å². The highest BCUT2D eigenvalue weighted by Crippen LogP contribution is 2.29. The molecule has 0 spiro atoms. The van der Waals surface area contributed by atoms with Crippen LogP contribution in [0.2, 0.25) is 0 Å². The largest absolute Gasteiger partial charge is 0.512 e. The zero-order valence-electron chi connectivity index (χ0n) is 15.1. The number of ketones is 2. The fourth-order valence-corrected chi connectivity index (χ4v) is 3.23. The molecule has 5 heteroatoms. The molecular formula is C21H23N2O3+. The van der Waals surface area contributed by atoms with E-state index in [1.54, 1.807) is 41.2 Å². The number of hydrogen-bond acceptors (Lipinski definition) is 4. The van der Waals surface area contributed by atoms with E-state index in [9.17, 15) is 14.7 Å². The van der Waals surface area contributed by atoms with Gasteiger partial charge in [0.2, 0.25) is 5.78 Å². The molecule has 0 saturated heterocycles. The molecule has 26 heavy (non-hydrogen) atoms. The molecule has 0 amide bonds. The van der Waals surface area contributed by atoms with Gasteiger partial charge in [-0.05, 0) is 6.42 Å². The highest BCUT2D eigenvalue weighted by atomic mass is 16.3. The van der Waals surface area contributed by atoms with Crippen LogP contribution in [0.4, 0.5) is 5.69 Å². The van der Waals surface area contributed by atoms with Gasteiger partial charge < -0.3 is 10.0 Å². The standard InChI is InChI=1S/C21H22N2O3/c1-22(2)16-11-13-23(14-12-16)20(19-17(24)9-6-10-18(19)25)21(26)15-7-4-3-5-8-15/h3-5,7-8,11-14,20H,6,9-10H2,1-2H3/p+1. The predicted molar refractivity (Wildman–Crippen MR) is 99.3 cm³/mol. The number of anilines is 1. The maximum atomic E-state index is 13.2. The Morgan fingerprint density at radius 1 is 1.08 bits per heavy atom. The van der Waals surface area contributed by atoms with Crippen molar-refractivity contribution < 1.29 is 19.3 Å². The summed E-state index contributed by atoms with van der Waals surface area (Å²) in [7, 11) is 3.87. The molecule has 3 rings (SSSR count). The average molecular weight is 351 g/mol. The Balaban J connectivity index is 2.10. The van der Waals surface area contributed by atoms with E-state index in [0.29, 0.717) is 24.8 Å². The minimum absolute atomic E-state index is 0.0275. The summed E-state index contributed by atoms with van der Waals surface area (Å²) in [6.07, 6.45) is 4.96. The van der Waals surface area contributed by atoms with E-state index < -0.39 is 6.04 Å². The van der Waals surface area contributed by atoms with Gasteiger partial charge >= 0.3 is 0 Å². The van der Waals surface area contributed by atoms with Crippen molar-refractivity contribution in [1.82, 2.24) is 0 Å². The van der Waals surface area contributed by atoms with Crippen LogP contribution in [0.5, 0.6) is 0 Å². The average Bonchev–Trinajstić information content (AvgIpc) is 2.65. The van der Waals surface area contributed by atoms with Gasteiger partial charge in [-0.3, -0.25) is 9.59 Å². The molecule has 0 bridgehead atoms. The molecule has 1 N–H and O–H groups in total. The van der Waals surface area contributed by atoms with E-state index in [2.05, 4.69) is 0 Å². The molecule has 1 heterocycles. The normalized spacial score (nSPS) is 15.7. The Kier molecular flexibility index (Phi) is 5.16. The van der Waals surface area contributed by atoms with Gasteiger partial charge in [0.15, 0.2) is 18.2 Å². The highest BCUT2D eigenvalue weighted by Gasteiger charge is 2.39. The molecule has 134 valence electrons. The van der Waals surface area contributed by atoms with Crippen LogP contribution in [-0.4, -0.2) is 30.8 Å². The number of carbonyl (C=O) groups is 2. The van der Waals surface area contributed by atoms with Crippen LogP contribution in [0.1, 0.15) is 35.7 Å². The Labute approximate surface area is 153 Å². The maximum absolute atomic E-state index is 13.2. The predicted octanol–water partition coefficient (Wildman–Crippen LogP) is 3.03. The van der Waals surface area contributed by atoms with Gasteiger partial charge in [0, 0.05) is 50.3 Å². The molecule has 0 aliphatic heterocycles. The van der Waals surface area contributed by atoms with E-state index in [1.807, 2.05) is 37.2 Å². The van der Waals surface area contributed by atoms with E-state index in [4.69, 9.17) is 0 Å². The lowest BCUT2D eigenvalue weighted by atomic mass is 9.87. The molecule has 1 atom stereocenters. The third kappa shape index (κ3) is 3.52. The van der Waals surface area contributed by atoms with Crippen molar-refractivity contribution in [2.75, 3.05) is 19.0 Å². The van der Waals surface area contributed by atoms with Gasteiger partial charge in [-0.15, -0.1) is 0 Å². The lowest BCUT2D eigenvalue weighted by molar-refractivity contribution is -0.699. The summed E-state index contributed by atoms with van der Waals surface area (Å²) in [4.78, 5) is 27.7. The second-order valence-corrected chi connectivity index (χ2v) is 6.67. The van der Waals surface area contributed by atoms with Crippen molar-refractivity contribution in [3.63, 3.8) is 0 Å². The molecule has 1 aromatic carbocycles. The molecule has 0 radical (unpaired) electrons. The molecule has 1 unspecified atom stereocenters. The molecule has 0 fully saturated rings. The van der Waals surface area contributed by atoms with Crippen molar-refractivity contribution in [3.05, 3.63) is 71.8 Å². The molecule has 0 saturated carbocycles. The van der Waals surface area contributed by atoms with Gasteiger partial charge in [0.05, 0.1) is 0 Å². The van der Waals surface area contributed by atoms with Gasteiger partial charge in [0.1, 0.15) is 11.3 Å². The van der Waals surface area contributed by atoms with Gasteiger partial charge in [-0.25, -0.2) is 0 Å². The second-order valence-electron chi connectivity index (χ2n) is 6.67. The first-order chi connectivity index (χ1) is 12.5. The summed E-state index contributed by atoms with van der Waals surface area (Å²) in [5.41, 5.74) is 1.72. The number of allylic oxidation sites excluding steroid dienone is 2. The monoisotopic (exact) mass is 351 g/mol. The molecule has 2 aromatic rings. The molecular weight excluding hydrogens is 328 g/mol. The maximum Gasteiger partial charge on any atom is 0.252 e. The van der Waals surface area contributed by atoms with Gasteiger partial charge in [-0.2, -0.15) is 4.57 Å². The summed E-state index contributed by atoms with van der Waals surface area (Å²) in [6, 6.07) is 11.8. The zero-order valence-corrected chi connectivity index (χ0v) is 15.1. The van der Waals surface area contributed by atoms with E-state index in [0.717, 1.165) is 5.69 Å². The first kappa shape index (κ1) is 17.9. The topological polar surface area (TPSA) is 61.5 Å². The number of aliphatic hydroxyl groups is 1. The van der Waals surface area contributed by atoms with E-state index in [1.165, 1.54) is 0 Å². The second kappa shape index (κ2) is 7.52. The Morgan fingerprint density at radius 2 is 1.73 bits per heavy atom. The Morgan fingerprint density at radius 3 is 2.31 bits per heavy atom. The minimum Gasteiger partial charge on any atom is -0.512 e. The van der Waals surface area contributed by atoms with Crippen LogP contribution in [0.25, 0.3) is 0 Å². The third-order valence-corrected chi connectivity index (χ3v) is 4.66. The fourth-order valence-electron chi connectivity index (χ4n) is 3.23. The number of pyridine rings is 1. The summed E-state index contributed by atoms with van der Waals surface area (Å²) >= 11 is 0. The Hall–Kier alpha value is -2.95. The van der Waals surface area contributed by atoms with Crippen LogP contribution in [0, 0.1) is 0 Å². The number of aromatic nitrogens is 1. The van der Waals surface area contributed by atoms with Crippen molar-refractivity contribution in [1.29, 1.82) is 0 Å². The highest BCUT2D eigenvalue weighted by molar-refractivity contribution is 6.08. The van der Waals surface area contributed by atoms with Crippen molar-refractivity contribution in [2.45, 2.75) is 25.3 Å². The molecule has 5 nitrogen and oxygen atoms in total. The summed E-state index contributed by atoms with van der Waals surface area (Å²) in [5.74, 6) is -0.336. The van der Waals surface area contributed by atoms with Gasteiger partial charge in [0.25, 0.3) is 6.04 Å². The van der Waals surface area contributed by atoms with Gasteiger partial charge in [-0.1, -0.05) is 30.3 Å². The van der Waals surface area contributed by atoms with Crippen LogP contribution >= 0.6 is 0 Å². The summed E-state index contributed by atoms with van der Waals surface area (Å²) in [6.45, 7) is 0. The summed E-state index contributed by atoms with van der Waals surface area (Å²) in [5, 5.41) is 10.4. The smallest absolute Gasteiger partial charge is 0.252 e. The third-order valence-electron chi connectivity index (χ3n) is 4.66. The first-order valence-electron chi connectivity index (χ1n) is 8.71. The number of aliphatic hydroxyl groups excluding tert-OH is 1. The molecule has 1 aliphatic carbocycles. The quantitative estimate of drug-likeness (QED) is 0.664. The van der Waals surface area contributed by atoms with Crippen molar-refractivity contribution in [3.8, 4) is 0 Å². The van der Waals surface area contributed by atoms with Crippen LogP contribution in [0.3, 0.4) is 0 Å². The lowest BCUT2D eigenvalue weighted by Gasteiger charge is -2.20. The molecule has 1 aromatic heterocycles. The molecule has 1 aliphatic rings. The number of carbonyl (C=O) groups excluding carboxylic acids is 2. The fraction of sp³-hybridized carbons (Fsp3) is 0.286. The van der Waals surface area contributed by atoms with Crippen molar-refractivity contribution >= 4 is 17.3 Å². The van der Waals surface area contributed by atoms with Crippen LogP contribution in [0.15, 0.2) is 66.2 Å². The number of hydrogen-bond donors (Lipinski definition) is 1. The SMILES string of the molecule is CN(C)c1cc[n+](C(C(=O)c2ccccc2)C2=C(O)CCCC2=O)cc1. The number of rotatable bonds is 5. The Bertz CT molecular complexity index is 839. The number of benzene rings is 1. The number of Topliss-reactive ketones (excluding diaryl/α,β-unsaturated/α-hetero) is 2. The zero-order chi connectivity index (χ0) is 18.7. The number of nitrogens with zero attached hydrogens (tertiary/aromatic N) is 2. The first-order valence-corrected chi connectivity index (χ1v) is 8.71. The lowest BCUT2D eigenvalue weighted by Crippen LogP contribution is -2.47. The van der Waals surface area contributed by atoms with E-state index in [-0.39, 0.29) is 22.9 Å².